The Hall–Kier alpha value is -2.47. The largest absolute Gasteiger partial charge is 0.307 e. The first-order valence-electron chi connectivity index (χ1n) is 10.1. The number of hydrogen-bond acceptors (Lipinski definition) is 4. The van der Waals surface area contributed by atoms with E-state index in [1.807, 2.05) is 36.5 Å². The second-order valence-electron chi connectivity index (χ2n) is 7.77. The number of nitrogens with zero attached hydrogens (tertiary/aromatic N) is 5. The van der Waals surface area contributed by atoms with E-state index in [1.165, 1.54) is 0 Å². The lowest BCUT2D eigenvalue weighted by Crippen LogP contribution is -2.45. The third-order valence-electron chi connectivity index (χ3n) is 5.78. The summed E-state index contributed by atoms with van der Waals surface area (Å²) in [6.45, 7) is 7.85. The van der Waals surface area contributed by atoms with Crippen LogP contribution in [-0.4, -0.2) is 50.3 Å². The minimum absolute atomic E-state index is 0.798. The molecule has 1 fully saturated rings. The second-order valence-corrected chi connectivity index (χ2v) is 8.14. The average molecular weight is 406 g/mol. The molecule has 29 heavy (non-hydrogen) atoms. The summed E-state index contributed by atoms with van der Waals surface area (Å²) in [4.78, 5) is 14.5. The molecule has 5 nitrogen and oxygen atoms in total. The lowest BCUT2D eigenvalue weighted by Gasteiger charge is -2.34. The number of aromatic nitrogens is 3. The third kappa shape index (κ3) is 3.73. The fourth-order valence-electron chi connectivity index (χ4n) is 4.13. The van der Waals surface area contributed by atoms with Crippen LogP contribution in [0.25, 0.3) is 16.6 Å². The van der Waals surface area contributed by atoms with Crippen molar-refractivity contribution >= 4 is 28.2 Å². The molecule has 1 saturated heterocycles. The van der Waals surface area contributed by atoms with Gasteiger partial charge in [-0.2, -0.15) is 0 Å². The van der Waals surface area contributed by atoms with Crippen molar-refractivity contribution in [3.63, 3.8) is 0 Å². The minimum atomic E-state index is 0.798. The van der Waals surface area contributed by atoms with E-state index in [0.717, 1.165) is 77.8 Å². The number of piperazine rings is 1. The van der Waals surface area contributed by atoms with Crippen LogP contribution in [0.4, 0.5) is 0 Å². The number of halogens is 1. The zero-order valence-electron chi connectivity index (χ0n) is 16.6. The van der Waals surface area contributed by atoms with Gasteiger partial charge in [0.25, 0.3) is 0 Å². The molecular formula is C23H24ClN5. The van der Waals surface area contributed by atoms with Gasteiger partial charge in [-0.3, -0.25) is 9.80 Å². The zero-order chi connectivity index (χ0) is 19.8. The molecule has 4 aromatic rings. The topological polar surface area (TPSA) is 36.7 Å². The molecule has 3 aromatic heterocycles. The Morgan fingerprint density at radius 3 is 2.41 bits per heavy atom. The van der Waals surface area contributed by atoms with E-state index >= 15 is 0 Å². The summed E-state index contributed by atoms with van der Waals surface area (Å²) in [5, 5.41) is 1.94. The standard InChI is InChI=1S/C23H24ClN5/c1-17-19-6-2-3-7-20(19)26-21(23(17)24)16-28-12-10-27(11-13-28)14-18-15-29-9-5-4-8-22(29)25-18/h2-9,15H,10-14,16H2,1H3. The highest BCUT2D eigenvalue weighted by Crippen LogP contribution is 2.28. The maximum atomic E-state index is 6.66. The number of aryl methyl sites for hydroxylation is 1. The van der Waals surface area contributed by atoms with Crippen LogP contribution < -0.4 is 0 Å². The maximum Gasteiger partial charge on any atom is 0.137 e. The summed E-state index contributed by atoms with van der Waals surface area (Å²) in [6, 6.07) is 14.3. The predicted octanol–water partition coefficient (Wildman–Crippen LogP) is 4.16. The van der Waals surface area contributed by atoms with Gasteiger partial charge >= 0.3 is 0 Å². The molecule has 1 aliphatic rings. The van der Waals surface area contributed by atoms with E-state index in [4.69, 9.17) is 21.6 Å². The van der Waals surface area contributed by atoms with Crippen molar-refractivity contribution < 1.29 is 0 Å². The Balaban J connectivity index is 1.24. The molecule has 0 spiro atoms. The molecule has 0 N–H and O–H groups in total. The van der Waals surface area contributed by atoms with Crippen molar-refractivity contribution in [2.24, 2.45) is 0 Å². The van der Waals surface area contributed by atoms with Crippen molar-refractivity contribution in [3.8, 4) is 0 Å². The molecule has 0 saturated carbocycles. The first-order chi connectivity index (χ1) is 14.2. The molecule has 6 heteroatoms. The lowest BCUT2D eigenvalue weighted by atomic mass is 10.1. The van der Waals surface area contributed by atoms with Gasteiger partial charge in [0.15, 0.2) is 0 Å². The first-order valence-corrected chi connectivity index (χ1v) is 10.5. The van der Waals surface area contributed by atoms with Gasteiger partial charge in [-0.05, 0) is 30.7 Å². The second kappa shape index (κ2) is 7.75. The molecule has 5 rings (SSSR count). The van der Waals surface area contributed by atoms with Gasteiger partial charge in [0.1, 0.15) is 5.65 Å². The Labute approximate surface area is 175 Å². The van der Waals surface area contributed by atoms with Gasteiger partial charge in [-0.15, -0.1) is 0 Å². The fraction of sp³-hybridized carbons (Fsp3) is 0.304. The van der Waals surface area contributed by atoms with Crippen LogP contribution in [-0.2, 0) is 13.1 Å². The van der Waals surface area contributed by atoms with Crippen LogP contribution in [0.2, 0.25) is 5.02 Å². The van der Waals surface area contributed by atoms with E-state index < -0.39 is 0 Å². The molecule has 1 aliphatic heterocycles. The van der Waals surface area contributed by atoms with Crippen LogP contribution >= 0.6 is 11.6 Å². The summed E-state index contributed by atoms with van der Waals surface area (Å²) >= 11 is 6.66. The van der Waals surface area contributed by atoms with E-state index in [9.17, 15) is 0 Å². The van der Waals surface area contributed by atoms with Crippen molar-refractivity contribution in [2.45, 2.75) is 20.0 Å². The normalized spacial score (nSPS) is 16.1. The molecule has 1 aromatic carbocycles. The molecular weight excluding hydrogens is 382 g/mol. The fourth-order valence-corrected chi connectivity index (χ4v) is 4.34. The number of rotatable bonds is 4. The summed E-state index contributed by atoms with van der Waals surface area (Å²) in [5.41, 5.74) is 5.26. The van der Waals surface area contributed by atoms with Gasteiger partial charge in [-0.1, -0.05) is 35.9 Å². The Morgan fingerprint density at radius 1 is 0.897 bits per heavy atom. The number of para-hydroxylation sites is 1. The minimum Gasteiger partial charge on any atom is -0.307 e. The molecule has 0 atom stereocenters. The first kappa shape index (κ1) is 18.6. The van der Waals surface area contributed by atoms with Crippen LogP contribution in [0.5, 0.6) is 0 Å². The number of imidazole rings is 1. The smallest absolute Gasteiger partial charge is 0.137 e. The molecule has 0 radical (unpaired) electrons. The number of fused-ring (bicyclic) bond motifs is 2. The van der Waals surface area contributed by atoms with Crippen LogP contribution in [0.15, 0.2) is 54.9 Å². The van der Waals surface area contributed by atoms with Crippen molar-refractivity contribution in [1.29, 1.82) is 0 Å². The number of hydrogen-bond donors (Lipinski definition) is 0. The highest BCUT2D eigenvalue weighted by Gasteiger charge is 2.20. The quantitative estimate of drug-likeness (QED) is 0.510. The predicted molar refractivity (Wildman–Crippen MR) is 117 cm³/mol. The summed E-state index contributed by atoms with van der Waals surface area (Å²) in [7, 11) is 0. The summed E-state index contributed by atoms with van der Waals surface area (Å²) in [5.74, 6) is 0. The van der Waals surface area contributed by atoms with E-state index in [-0.39, 0.29) is 0 Å². The Kier molecular flexibility index (Phi) is 4.96. The Morgan fingerprint density at radius 2 is 1.62 bits per heavy atom. The van der Waals surface area contributed by atoms with Crippen LogP contribution in [0.3, 0.4) is 0 Å². The van der Waals surface area contributed by atoms with E-state index in [2.05, 4.69) is 39.5 Å². The van der Waals surface area contributed by atoms with Gasteiger partial charge in [0, 0.05) is 57.0 Å². The van der Waals surface area contributed by atoms with E-state index in [1.54, 1.807) is 0 Å². The molecule has 0 unspecified atom stereocenters. The highest BCUT2D eigenvalue weighted by atomic mass is 35.5. The van der Waals surface area contributed by atoms with Crippen molar-refractivity contribution in [1.82, 2.24) is 24.2 Å². The monoisotopic (exact) mass is 405 g/mol. The molecule has 0 amide bonds. The van der Waals surface area contributed by atoms with Gasteiger partial charge in [-0.25, -0.2) is 9.97 Å². The van der Waals surface area contributed by atoms with Gasteiger partial charge in [0.2, 0.25) is 0 Å². The van der Waals surface area contributed by atoms with Crippen molar-refractivity contribution in [2.75, 3.05) is 26.2 Å². The Bertz CT molecular complexity index is 1130. The summed E-state index contributed by atoms with van der Waals surface area (Å²) < 4.78 is 2.08. The lowest BCUT2D eigenvalue weighted by molar-refractivity contribution is 0.120. The maximum absolute atomic E-state index is 6.66. The SMILES string of the molecule is Cc1c(Cl)c(CN2CCN(Cc3cn4ccccc4n3)CC2)nc2ccccc12. The molecule has 0 bridgehead atoms. The molecule has 4 heterocycles. The summed E-state index contributed by atoms with van der Waals surface area (Å²) in [6.07, 6.45) is 4.18. The third-order valence-corrected chi connectivity index (χ3v) is 6.29. The van der Waals surface area contributed by atoms with Gasteiger partial charge in [0.05, 0.1) is 21.9 Å². The average Bonchev–Trinajstić information content (AvgIpc) is 3.15. The molecule has 0 aliphatic carbocycles. The molecule has 148 valence electrons. The van der Waals surface area contributed by atoms with Crippen LogP contribution in [0.1, 0.15) is 17.0 Å². The zero-order valence-corrected chi connectivity index (χ0v) is 17.3. The van der Waals surface area contributed by atoms with Crippen molar-refractivity contribution in [3.05, 3.63) is 76.8 Å². The number of benzene rings is 1. The highest BCUT2D eigenvalue weighted by molar-refractivity contribution is 6.32. The number of pyridine rings is 2. The van der Waals surface area contributed by atoms with Crippen LogP contribution in [0, 0.1) is 6.92 Å². The van der Waals surface area contributed by atoms with E-state index in [0.29, 0.717) is 0 Å². The van der Waals surface area contributed by atoms with Gasteiger partial charge < -0.3 is 4.40 Å².